The second-order valence-electron chi connectivity index (χ2n) is 9.84. The number of aromatic nitrogens is 1. The number of ether oxygens (including phenoxy) is 1. The zero-order valence-electron chi connectivity index (χ0n) is 19.8. The fourth-order valence-corrected chi connectivity index (χ4v) is 4.88. The molecule has 1 aliphatic heterocycles. The van der Waals surface area contributed by atoms with Gasteiger partial charge in [-0.3, -0.25) is 0 Å². The third-order valence-corrected chi connectivity index (χ3v) is 6.38. The molecule has 0 fully saturated rings. The van der Waals surface area contributed by atoms with Gasteiger partial charge in [0.2, 0.25) is 0 Å². The van der Waals surface area contributed by atoms with E-state index in [9.17, 15) is 14.3 Å². The molecule has 2 heterocycles. The molecule has 1 N–H and O–H groups in total. The van der Waals surface area contributed by atoms with E-state index in [0.29, 0.717) is 5.56 Å². The summed E-state index contributed by atoms with van der Waals surface area (Å²) in [6.45, 7) is 12.6. The number of hydrogen-bond acceptors (Lipinski definition) is 3. The van der Waals surface area contributed by atoms with Crippen LogP contribution in [0.3, 0.4) is 0 Å². The maximum atomic E-state index is 13.8. The molecule has 4 rings (SSSR count). The molecule has 6 heteroatoms. The van der Waals surface area contributed by atoms with Gasteiger partial charge in [0.05, 0.1) is 16.8 Å². The molecule has 0 radical (unpaired) electrons. The number of aliphatic carboxylic acids is 1. The summed E-state index contributed by atoms with van der Waals surface area (Å²) in [4.78, 5) is 14.8. The standard InChI is InChI=1S/C26H31FN2O3/c1-14-12-19-21(17-8-10-18(27)11-9-17)20(24(25(30)31)32-26(4,5)6)16(3)22-23(19)29(14)13-15(2)28(22)7/h8-12,15,24H,13H2,1-7H3,(H,30,31)/t15-,24+/m1/s1. The summed E-state index contributed by atoms with van der Waals surface area (Å²) in [5, 5.41) is 11.2. The molecule has 0 bridgehead atoms. The van der Waals surface area contributed by atoms with Crippen molar-refractivity contribution in [2.24, 2.45) is 0 Å². The van der Waals surface area contributed by atoms with Gasteiger partial charge < -0.3 is 19.3 Å². The monoisotopic (exact) mass is 438 g/mol. The average Bonchev–Trinajstić information content (AvgIpc) is 3.01. The fourth-order valence-electron chi connectivity index (χ4n) is 4.88. The maximum absolute atomic E-state index is 13.8. The van der Waals surface area contributed by atoms with Crippen LogP contribution < -0.4 is 4.90 Å². The molecule has 5 nitrogen and oxygen atoms in total. The van der Waals surface area contributed by atoms with Crippen molar-refractivity contribution in [3.05, 3.63) is 53.0 Å². The Hall–Kier alpha value is -2.86. The van der Waals surface area contributed by atoms with Gasteiger partial charge in [0.1, 0.15) is 5.82 Å². The number of hydrogen-bond donors (Lipinski definition) is 1. The smallest absolute Gasteiger partial charge is 0.337 e. The Morgan fingerprint density at radius 1 is 1.22 bits per heavy atom. The molecule has 0 saturated heterocycles. The van der Waals surface area contributed by atoms with Gasteiger partial charge in [-0.05, 0) is 76.4 Å². The number of aryl methyl sites for hydroxylation is 1. The van der Waals surface area contributed by atoms with Gasteiger partial charge in [-0.2, -0.15) is 0 Å². The van der Waals surface area contributed by atoms with Crippen molar-refractivity contribution in [1.82, 2.24) is 4.57 Å². The summed E-state index contributed by atoms with van der Waals surface area (Å²) in [5.41, 5.74) is 5.63. The molecule has 0 amide bonds. The van der Waals surface area contributed by atoms with E-state index in [1.165, 1.54) is 12.1 Å². The number of anilines is 1. The largest absolute Gasteiger partial charge is 0.479 e. The van der Waals surface area contributed by atoms with Crippen LogP contribution in [0.25, 0.3) is 22.0 Å². The lowest BCUT2D eigenvalue weighted by atomic mass is 9.87. The van der Waals surface area contributed by atoms with E-state index >= 15 is 0 Å². The second-order valence-corrected chi connectivity index (χ2v) is 9.84. The van der Waals surface area contributed by atoms with Gasteiger partial charge >= 0.3 is 5.97 Å². The van der Waals surface area contributed by atoms with E-state index in [1.807, 2.05) is 27.7 Å². The Labute approximate surface area is 188 Å². The van der Waals surface area contributed by atoms with Crippen LogP contribution in [-0.2, 0) is 16.1 Å². The molecule has 0 spiro atoms. The van der Waals surface area contributed by atoms with E-state index < -0.39 is 17.7 Å². The van der Waals surface area contributed by atoms with Crippen molar-refractivity contribution in [2.75, 3.05) is 11.9 Å². The first-order valence-electron chi connectivity index (χ1n) is 11.0. The highest BCUT2D eigenvalue weighted by Crippen LogP contribution is 2.48. The fraction of sp³-hybridized carbons (Fsp3) is 0.423. The number of rotatable bonds is 4. The molecule has 32 heavy (non-hydrogen) atoms. The highest BCUT2D eigenvalue weighted by Gasteiger charge is 2.36. The van der Waals surface area contributed by atoms with Gasteiger partial charge in [0, 0.05) is 36.3 Å². The lowest BCUT2D eigenvalue weighted by Crippen LogP contribution is -2.38. The molecule has 0 unspecified atom stereocenters. The lowest BCUT2D eigenvalue weighted by molar-refractivity contribution is -0.160. The van der Waals surface area contributed by atoms with Crippen molar-refractivity contribution in [3.8, 4) is 11.1 Å². The summed E-state index contributed by atoms with van der Waals surface area (Å²) in [5.74, 6) is -1.37. The van der Waals surface area contributed by atoms with Gasteiger partial charge in [-0.1, -0.05) is 12.1 Å². The van der Waals surface area contributed by atoms with Crippen molar-refractivity contribution >= 4 is 22.6 Å². The van der Waals surface area contributed by atoms with Crippen molar-refractivity contribution in [1.29, 1.82) is 0 Å². The average molecular weight is 439 g/mol. The number of carboxylic acids is 1. The molecule has 1 aromatic heterocycles. The Kier molecular flexibility index (Phi) is 5.32. The molecular weight excluding hydrogens is 407 g/mol. The molecule has 3 aromatic rings. The number of halogens is 1. The van der Waals surface area contributed by atoms with Gasteiger partial charge in [0.25, 0.3) is 0 Å². The van der Waals surface area contributed by atoms with Crippen LogP contribution in [0.2, 0.25) is 0 Å². The highest BCUT2D eigenvalue weighted by molar-refractivity contribution is 6.07. The third kappa shape index (κ3) is 3.56. The number of carboxylic acid groups (broad SMARTS) is 1. The number of likely N-dealkylation sites (N-methyl/N-ethyl adjacent to an activating group) is 1. The Morgan fingerprint density at radius 3 is 2.41 bits per heavy atom. The van der Waals surface area contributed by atoms with Crippen LogP contribution in [0.1, 0.15) is 50.6 Å². The van der Waals surface area contributed by atoms with Crippen LogP contribution in [0.5, 0.6) is 0 Å². The number of benzene rings is 2. The predicted octanol–water partition coefficient (Wildman–Crippen LogP) is 5.84. The minimum absolute atomic E-state index is 0.256. The number of nitrogens with zero attached hydrogens (tertiary/aromatic N) is 2. The molecule has 0 aliphatic carbocycles. The summed E-state index contributed by atoms with van der Waals surface area (Å²) >= 11 is 0. The summed E-state index contributed by atoms with van der Waals surface area (Å²) in [6, 6.07) is 8.63. The quantitative estimate of drug-likeness (QED) is 0.556. The molecular formula is C26H31FN2O3. The SMILES string of the molecule is Cc1c([C@H](OC(C)(C)C)C(=O)O)c(-c2ccc(F)cc2)c2cc(C)n3c2c1N(C)[C@H](C)C3. The topological polar surface area (TPSA) is 54.7 Å². The normalized spacial score (nSPS) is 17.1. The highest BCUT2D eigenvalue weighted by atomic mass is 19.1. The predicted molar refractivity (Wildman–Crippen MR) is 126 cm³/mol. The Balaban J connectivity index is 2.17. The van der Waals surface area contributed by atoms with Crippen molar-refractivity contribution in [3.63, 3.8) is 0 Å². The van der Waals surface area contributed by atoms with Gasteiger partial charge in [-0.15, -0.1) is 0 Å². The van der Waals surface area contributed by atoms with Gasteiger partial charge in [-0.25, -0.2) is 9.18 Å². The molecule has 0 saturated carbocycles. The first-order chi connectivity index (χ1) is 14.9. The van der Waals surface area contributed by atoms with Crippen molar-refractivity contribution in [2.45, 2.75) is 65.8 Å². The summed E-state index contributed by atoms with van der Waals surface area (Å²) < 4.78 is 22.2. The minimum atomic E-state index is -1.16. The first-order valence-corrected chi connectivity index (χ1v) is 11.0. The first kappa shape index (κ1) is 22.3. The van der Waals surface area contributed by atoms with Crippen LogP contribution >= 0.6 is 0 Å². The maximum Gasteiger partial charge on any atom is 0.337 e. The minimum Gasteiger partial charge on any atom is -0.479 e. The molecule has 170 valence electrons. The second kappa shape index (κ2) is 7.62. The van der Waals surface area contributed by atoms with Crippen LogP contribution in [0.15, 0.2) is 30.3 Å². The zero-order chi connectivity index (χ0) is 23.5. The summed E-state index contributed by atoms with van der Waals surface area (Å²) in [7, 11) is 2.06. The van der Waals surface area contributed by atoms with Crippen LogP contribution in [-0.4, -0.2) is 34.3 Å². The Bertz CT molecular complexity index is 1210. The van der Waals surface area contributed by atoms with Crippen LogP contribution in [0.4, 0.5) is 10.1 Å². The zero-order valence-corrected chi connectivity index (χ0v) is 19.8. The van der Waals surface area contributed by atoms with E-state index in [-0.39, 0.29) is 11.9 Å². The molecule has 2 atom stereocenters. The number of carbonyl (C=O) groups is 1. The van der Waals surface area contributed by atoms with Crippen molar-refractivity contribution < 1.29 is 19.0 Å². The lowest BCUT2D eigenvalue weighted by Gasteiger charge is -2.37. The molecule has 2 aromatic carbocycles. The Morgan fingerprint density at radius 2 is 1.84 bits per heavy atom. The summed E-state index contributed by atoms with van der Waals surface area (Å²) in [6.07, 6.45) is -1.16. The van der Waals surface area contributed by atoms with Crippen LogP contribution in [0, 0.1) is 19.7 Å². The van der Waals surface area contributed by atoms with E-state index in [0.717, 1.165) is 45.5 Å². The van der Waals surface area contributed by atoms with E-state index in [4.69, 9.17) is 4.74 Å². The van der Waals surface area contributed by atoms with Gasteiger partial charge in [0.15, 0.2) is 6.10 Å². The van der Waals surface area contributed by atoms with E-state index in [1.54, 1.807) is 12.1 Å². The third-order valence-electron chi connectivity index (χ3n) is 6.38. The molecule has 1 aliphatic rings. The van der Waals surface area contributed by atoms with E-state index in [2.05, 4.69) is 36.4 Å².